The van der Waals surface area contributed by atoms with Gasteiger partial charge in [-0.25, -0.2) is 8.78 Å². The van der Waals surface area contributed by atoms with Crippen LogP contribution in [-0.2, 0) is 6.18 Å². The van der Waals surface area contributed by atoms with E-state index >= 15 is 0 Å². The molecule has 0 radical (unpaired) electrons. The standard InChI is InChI=1S/C15H10F5NO/c16-11-9-8(7-4-2-1-3-5-7)6-21-14(15(18,19)20)10(9)13(22)12(11)17/h1-6,11-13,22H/t11-,12-,13+/m1/s1. The second-order valence-electron chi connectivity index (χ2n) is 5.00. The molecule has 22 heavy (non-hydrogen) atoms. The molecule has 0 amide bonds. The Labute approximate surface area is 122 Å². The summed E-state index contributed by atoms with van der Waals surface area (Å²) in [6.45, 7) is 0. The summed E-state index contributed by atoms with van der Waals surface area (Å²) in [5, 5.41) is 9.68. The molecule has 0 fully saturated rings. The van der Waals surface area contributed by atoms with Gasteiger partial charge in [0.1, 0.15) is 6.10 Å². The van der Waals surface area contributed by atoms with Crippen molar-refractivity contribution in [3.63, 3.8) is 0 Å². The highest BCUT2D eigenvalue weighted by molar-refractivity contribution is 5.70. The summed E-state index contributed by atoms with van der Waals surface area (Å²) in [5.41, 5.74) is -2.28. The zero-order valence-electron chi connectivity index (χ0n) is 11.0. The van der Waals surface area contributed by atoms with Gasteiger partial charge in [0, 0.05) is 22.9 Å². The summed E-state index contributed by atoms with van der Waals surface area (Å²) in [5.74, 6) is 0. The first-order valence-corrected chi connectivity index (χ1v) is 6.44. The molecule has 7 heteroatoms. The van der Waals surface area contributed by atoms with E-state index in [4.69, 9.17) is 0 Å². The predicted octanol–water partition coefficient (Wildman–Crippen LogP) is 4.16. The lowest BCUT2D eigenvalue weighted by Gasteiger charge is -2.16. The third-order valence-electron chi connectivity index (χ3n) is 3.66. The highest BCUT2D eigenvalue weighted by Gasteiger charge is 2.49. The van der Waals surface area contributed by atoms with Gasteiger partial charge in [0.05, 0.1) is 0 Å². The molecule has 3 atom stereocenters. The van der Waals surface area contributed by atoms with E-state index in [1.165, 1.54) is 0 Å². The maximum atomic E-state index is 14.1. The van der Waals surface area contributed by atoms with Crippen LogP contribution in [0.4, 0.5) is 22.0 Å². The Hall–Kier alpha value is -2.02. The van der Waals surface area contributed by atoms with E-state index in [0.717, 1.165) is 6.20 Å². The van der Waals surface area contributed by atoms with Crippen LogP contribution in [0.5, 0.6) is 0 Å². The summed E-state index contributed by atoms with van der Waals surface area (Å²) in [4.78, 5) is 3.30. The number of hydrogen-bond donors (Lipinski definition) is 1. The normalized spacial score (nSPS) is 24.4. The Morgan fingerprint density at radius 2 is 1.64 bits per heavy atom. The minimum Gasteiger partial charge on any atom is -0.385 e. The second kappa shape index (κ2) is 5.01. The molecule has 0 spiro atoms. The zero-order valence-corrected chi connectivity index (χ0v) is 11.0. The van der Waals surface area contributed by atoms with Crippen molar-refractivity contribution in [3.8, 4) is 11.1 Å². The fraction of sp³-hybridized carbons (Fsp3) is 0.267. The molecule has 1 aromatic carbocycles. The first kappa shape index (κ1) is 14.9. The van der Waals surface area contributed by atoms with Crippen LogP contribution in [0.2, 0.25) is 0 Å². The Morgan fingerprint density at radius 1 is 1.00 bits per heavy atom. The first-order chi connectivity index (χ1) is 10.3. The minimum atomic E-state index is -4.90. The Kier molecular flexibility index (Phi) is 3.40. The van der Waals surface area contributed by atoms with Gasteiger partial charge in [0.15, 0.2) is 18.0 Å². The van der Waals surface area contributed by atoms with Gasteiger partial charge in [0.25, 0.3) is 0 Å². The molecule has 1 N–H and O–H groups in total. The molecule has 1 aromatic heterocycles. The fourth-order valence-electron chi connectivity index (χ4n) is 2.69. The smallest absolute Gasteiger partial charge is 0.385 e. The number of aliphatic hydroxyl groups is 1. The maximum absolute atomic E-state index is 14.1. The van der Waals surface area contributed by atoms with Crippen LogP contribution in [0.25, 0.3) is 11.1 Å². The molecule has 1 aliphatic carbocycles. The molecule has 1 heterocycles. The van der Waals surface area contributed by atoms with Gasteiger partial charge >= 0.3 is 6.18 Å². The molecule has 116 valence electrons. The minimum absolute atomic E-state index is 0.0512. The monoisotopic (exact) mass is 315 g/mol. The number of hydrogen-bond acceptors (Lipinski definition) is 2. The van der Waals surface area contributed by atoms with Gasteiger partial charge in [-0.2, -0.15) is 13.2 Å². The van der Waals surface area contributed by atoms with Crippen LogP contribution in [0.3, 0.4) is 0 Å². The number of aromatic nitrogens is 1. The fourth-order valence-corrected chi connectivity index (χ4v) is 2.69. The largest absolute Gasteiger partial charge is 0.433 e. The molecule has 0 bridgehead atoms. The molecule has 3 rings (SSSR count). The first-order valence-electron chi connectivity index (χ1n) is 6.44. The third kappa shape index (κ3) is 2.16. The van der Waals surface area contributed by atoms with Gasteiger partial charge in [-0.15, -0.1) is 0 Å². The quantitative estimate of drug-likeness (QED) is 0.802. The van der Waals surface area contributed by atoms with E-state index in [-0.39, 0.29) is 5.56 Å². The molecule has 2 nitrogen and oxygen atoms in total. The highest BCUT2D eigenvalue weighted by Crippen LogP contribution is 2.50. The summed E-state index contributed by atoms with van der Waals surface area (Å²) >= 11 is 0. The van der Waals surface area contributed by atoms with E-state index in [1.807, 2.05) is 0 Å². The Bertz CT molecular complexity index is 701. The number of benzene rings is 1. The van der Waals surface area contributed by atoms with Crippen LogP contribution in [-0.4, -0.2) is 16.3 Å². The third-order valence-corrected chi connectivity index (χ3v) is 3.66. The van der Waals surface area contributed by atoms with Gasteiger partial charge in [-0.05, 0) is 5.56 Å². The molecular weight excluding hydrogens is 305 g/mol. The SMILES string of the molecule is O[C@H]1c2c(C(F)(F)F)ncc(-c3ccccc3)c2[C@@H](F)[C@H]1F. The van der Waals surface area contributed by atoms with Gasteiger partial charge in [-0.3, -0.25) is 4.98 Å². The number of pyridine rings is 1. The van der Waals surface area contributed by atoms with Crippen LogP contribution < -0.4 is 0 Å². The lowest BCUT2D eigenvalue weighted by atomic mass is 9.97. The number of aliphatic hydroxyl groups excluding tert-OH is 1. The lowest BCUT2D eigenvalue weighted by Crippen LogP contribution is -2.16. The predicted molar refractivity (Wildman–Crippen MR) is 68.4 cm³/mol. The maximum Gasteiger partial charge on any atom is 0.433 e. The van der Waals surface area contributed by atoms with Crippen molar-refractivity contribution < 1.29 is 27.1 Å². The summed E-state index contributed by atoms with van der Waals surface area (Å²) in [7, 11) is 0. The van der Waals surface area contributed by atoms with Gasteiger partial charge in [-0.1, -0.05) is 30.3 Å². The highest BCUT2D eigenvalue weighted by atomic mass is 19.4. The van der Waals surface area contributed by atoms with Gasteiger partial charge < -0.3 is 5.11 Å². The topological polar surface area (TPSA) is 33.1 Å². The number of nitrogens with zero attached hydrogens (tertiary/aromatic N) is 1. The summed E-state index contributed by atoms with van der Waals surface area (Å²) in [6.07, 6.45) is -11.0. The van der Waals surface area contributed by atoms with Crippen molar-refractivity contribution in [1.29, 1.82) is 0 Å². The molecule has 0 aliphatic heterocycles. The average molecular weight is 315 g/mol. The van der Waals surface area contributed by atoms with Gasteiger partial charge in [0.2, 0.25) is 0 Å². The molecule has 0 saturated heterocycles. The van der Waals surface area contributed by atoms with E-state index in [0.29, 0.717) is 5.56 Å². The lowest BCUT2D eigenvalue weighted by molar-refractivity contribution is -0.143. The number of alkyl halides is 5. The van der Waals surface area contributed by atoms with E-state index in [1.54, 1.807) is 30.3 Å². The summed E-state index contributed by atoms with van der Waals surface area (Å²) in [6, 6.07) is 8.02. The van der Waals surface area contributed by atoms with Crippen molar-refractivity contribution in [3.05, 3.63) is 53.3 Å². The Morgan fingerprint density at radius 3 is 2.23 bits per heavy atom. The number of halogens is 5. The van der Waals surface area contributed by atoms with Crippen molar-refractivity contribution in [2.45, 2.75) is 24.6 Å². The van der Waals surface area contributed by atoms with Crippen molar-refractivity contribution >= 4 is 0 Å². The molecule has 0 saturated carbocycles. The van der Waals surface area contributed by atoms with E-state index in [2.05, 4.69) is 4.98 Å². The van der Waals surface area contributed by atoms with Crippen molar-refractivity contribution in [2.75, 3.05) is 0 Å². The molecular formula is C15H10F5NO. The van der Waals surface area contributed by atoms with Crippen LogP contribution >= 0.6 is 0 Å². The van der Waals surface area contributed by atoms with Crippen LogP contribution in [0.15, 0.2) is 36.5 Å². The number of rotatable bonds is 1. The summed E-state index contributed by atoms with van der Waals surface area (Å²) < 4.78 is 66.9. The second-order valence-corrected chi connectivity index (χ2v) is 5.00. The number of fused-ring (bicyclic) bond motifs is 1. The van der Waals surface area contributed by atoms with Crippen LogP contribution in [0.1, 0.15) is 29.1 Å². The molecule has 0 unspecified atom stereocenters. The van der Waals surface area contributed by atoms with E-state index in [9.17, 15) is 27.1 Å². The van der Waals surface area contributed by atoms with E-state index < -0.39 is 41.4 Å². The Balaban J connectivity index is 2.30. The molecule has 2 aromatic rings. The van der Waals surface area contributed by atoms with Crippen molar-refractivity contribution in [2.24, 2.45) is 0 Å². The average Bonchev–Trinajstić information content (AvgIpc) is 2.72. The van der Waals surface area contributed by atoms with Crippen LogP contribution in [0, 0.1) is 0 Å². The van der Waals surface area contributed by atoms with Crippen molar-refractivity contribution in [1.82, 2.24) is 4.98 Å². The molecule has 1 aliphatic rings. The zero-order chi connectivity index (χ0) is 16.1.